The number of rotatable bonds is 3. The molecule has 0 unspecified atom stereocenters. The van der Waals surface area contributed by atoms with Crippen LogP contribution in [-0.2, 0) is 18.9 Å². The van der Waals surface area contributed by atoms with Crippen molar-refractivity contribution in [2.24, 2.45) is 0 Å². The molecular formula is C8H18O4. The molecule has 1 rings (SSSR count). The first-order chi connectivity index (χ1) is 5.85. The van der Waals surface area contributed by atoms with Crippen molar-refractivity contribution in [3.63, 3.8) is 0 Å². The fourth-order valence-corrected chi connectivity index (χ4v) is 0.799. The lowest BCUT2D eigenvalue weighted by molar-refractivity contribution is -0.252. The molecule has 0 aromatic heterocycles. The lowest BCUT2D eigenvalue weighted by atomic mass is 10.4. The molecule has 1 aliphatic rings. The predicted molar refractivity (Wildman–Crippen MR) is 44.9 cm³/mol. The third-order valence-electron chi connectivity index (χ3n) is 1.40. The first-order valence-electron chi connectivity index (χ1n) is 4.01. The third-order valence-corrected chi connectivity index (χ3v) is 1.40. The van der Waals surface area contributed by atoms with Crippen molar-refractivity contribution in [1.29, 1.82) is 0 Å². The Labute approximate surface area is 73.7 Å². The van der Waals surface area contributed by atoms with E-state index in [4.69, 9.17) is 4.74 Å². The van der Waals surface area contributed by atoms with Crippen LogP contribution < -0.4 is 0 Å². The molecule has 74 valence electrons. The molecule has 1 fully saturated rings. The second-order valence-corrected chi connectivity index (χ2v) is 2.32. The maximum absolute atomic E-state index is 4.94. The molecule has 1 heterocycles. The molecule has 0 radical (unpaired) electrons. The Kier molecular flexibility index (Phi) is 8.81. The fraction of sp³-hybridized carbons (Fsp3) is 1.00. The van der Waals surface area contributed by atoms with Gasteiger partial charge in [-0.1, -0.05) is 0 Å². The van der Waals surface area contributed by atoms with Gasteiger partial charge in [0.1, 0.15) is 0 Å². The Balaban J connectivity index is 0.000000211. The monoisotopic (exact) mass is 178 g/mol. The Morgan fingerprint density at radius 2 is 1.33 bits per heavy atom. The van der Waals surface area contributed by atoms with E-state index in [0.717, 1.165) is 13.2 Å². The lowest BCUT2D eigenvalue weighted by Crippen LogP contribution is -2.14. The maximum Gasteiger partial charge on any atom is 0.270 e. The van der Waals surface area contributed by atoms with E-state index in [1.807, 2.05) is 0 Å². The number of ether oxygens (including phenoxy) is 4. The van der Waals surface area contributed by atoms with E-state index in [-0.39, 0.29) is 0 Å². The Bertz CT molecular complexity index is 66.0. The molecule has 0 atom stereocenters. The summed E-state index contributed by atoms with van der Waals surface area (Å²) in [6.07, 6.45) is 2.56. The Morgan fingerprint density at radius 3 is 1.42 bits per heavy atom. The summed E-state index contributed by atoms with van der Waals surface area (Å²) in [6.45, 7) is 1.49. The highest BCUT2D eigenvalue weighted by Crippen LogP contribution is 1.98. The zero-order valence-corrected chi connectivity index (χ0v) is 8.04. The van der Waals surface area contributed by atoms with Crippen LogP contribution >= 0.6 is 0 Å². The van der Waals surface area contributed by atoms with Gasteiger partial charge in [-0.2, -0.15) is 0 Å². The second-order valence-electron chi connectivity index (χ2n) is 2.32. The van der Waals surface area contributed by atoms with Crippen molar-refractivity contribution in [1.82, 2.24) is 0 Å². The summed E-state index contributed by atoms with van der Waals surface area (Å²) in [5, 5.41) is 0. The molecule has 0 amide bonds. The summed E-state index contributed by atoms with van der Waals surface area (Å²) in [4.78, 5) is 0. The van der Waals surface area contributed by atoms with E-state index in [2.05, 4.69) is 14.2 Å². The van der Waals surface area contributed by atoms with Crippen molar-refractivity contribution < 1.29 is 18.9 Å². The van der Waals surface area contributed by atoms with Gasteiger partial charge in [0, 0.05) is 34.5 Å². The van der Waals surface area contributed by atoms with Crippen molar-refractivity contribution in [3.8, 4) is 0 Å². The zero-order valence-electron chi connectivity index (χ0n) is 8.04. The average Bonchev–Trinajstić information content (AvgIpc) is 2.64. The first kappa shape index (κ1) is 11.8. The van der Waals surface area contributed by atoms with E-state index in [1.54, 1.807) is 0 Å². The highest BCUT2D eigenvalue weighted by Gasteiger charge is 1.97. The van der Waals surface area contributed by atoms with Crippen molar-refractivity contribution in [2.45, 2.75) is 19.3 Å². The van der Waals surface area contributed by atoms with Crippen LogP contribution in [0.4, 0.5) is 0 Å². The van der Waals surface area contributed by atoms with E-state index >= 15 is 0 Å². The largest absolute Gasteiger partial charge is 0.381 e. The zero-order chi connectivity index (χ0) is 9.23. The molecule has 0 saturated carbocycles. The van der Waals surface area contributed by atoms with E-state index < -0.39 is 6.48 Å². The summed E-state index contributed by atoms with van der Waals surface area (Å²) in [6, 6.07) is 0. The molecule has 4 nitrogen and oxygen atoms in total. The van der Waals surface area contributed by atoms with Gasteiger partial charge >= 0.3 is 0 Å². The van der Waals surface area contributed by atoms with Crippen LogP contribution in [0, 0.1) is 0 Å². The smallest absolute Gasteiger partial charge is 0.270 e. The highest BCUT2D eigenvalue weighted by atomic mass is 16.8. The van der Waals surface area contributed by atoms with Gasteiger partial charge in [-0.15, -0.1) is 0 Å². The molecule has 0 aromatic carbocycles. The third kappa shape index (κ3) is 6.54. The molecule has 0 aromatic rings. The van der Waals surface area contributed by atoms with E-state index in [9.17, 15) is 0 Å². The Hall–Kier alpha value is -0.160. The van der Waals surface area contributed by atoms with E-state index in [0.29, 0.717) is 0 Å². The fourth-order valence-electron chi connectivity index (χ4n) is 0.799. The van der Waals surface area contributed by atoms with Crippen LogP contribution in [0.15, 0.2) is 0 Å². The van der Waals surface area contributed by atoms with Crippen LogP contribution in [0.5, 0.6) is 0 Å². The normalized spacial score (nSPS) is 16.0. The minimum Gasteiger partial charge on any atom is -0.381 e. The van der Waals surface area contributed by atoms with Crippen LogP contribution in [-0.4, -0.2) is 41.0 Å². The molecule has 0 bridgehead atoms. The summed E-state index contributed by atoms with van der Waals surface area (Å²) in [5.74, 6) is 0. The SMILES string of the molecule is C1CCOC1.COC(OC)OC. The van der Waals surface area contributed by atoms with Gasteiger partial charge in [0.25, 0.3) is 6.48 Å². The van der Waals surface area contributed by atoms with Gasteiger partial charge in [0.05, 0.1) is 0 Å². The molecule has 0 spiro atoms. The van der Waals surface area contributed by atoms with Gasteiger partial charge in [-0.3, -0.25) is 0 Å². The molecule has 1 aliphatic heterocycles. The summed E-state index contributed by atoms with van der Waals surface area (Å²) >= 11 is 0. The van der Waals surface area contributed by atoms with Crippen molar-refractivity contribution >= 4 is 0 Å². The van der Waals surface area contributed by atoms with Crippen LogP contribution in [0.3, 0.4) is 0 Å². The minimum atomic E-state index is -0.514. The summed E-state index contributed by atoms with van der Waals surface area (Å²) < 4.78 is 18.8. The standard InChI is InChI=1S/C4H10O3.C4H8O/c1-5-4(6-2)7-3;1-2-4-5-3-1/h4H,1-3H3;1-4H2. The van der Waals surface area contributed by atoms with Crippen molar-refractivity contribution in [2.75, 3.05) is 34.5 Å². The van der Waals surface area contributed by atoms with Crippen LogP contribution in [0.2, 0.25) is 0 Å². The number of hydrogen-bond acceptors (Lipinski definition) is 4. The van der Waals surface area contributed by atoms with Gasteiger partial charge < -0.3 is 18.9 Å². The average molecular weight is 178 g/mol. The van der Waals surface area contributed by atoms with Crippen LogP contribution in [0.1, 0.15) is 12.8 Å². The number of hydrogen-bond donors (Lipinski definition) is 0. The molecule has 12 heavy (non-hydrogen) atoms. The second kappa shape index (κ2) is 8.93. The molecular weight excluding hydrogens is 160 g/mol. The minimum absolute atomic E-state index is 0.514. The van der Waals surface area contributed by atoms with Crippen molar-refractivity contribution in [3.05, 3.63) is 0 Å². The lowest BCUT2D eigenvalue weighted by Gasteiger charge is -2.08. The quantitative estimate of drug-likeness (QED) is 0.604. The molecule has 1 saturated heterocycles. The number of methoxy groups -OCH3 is 3. The predicted octanol–water partition coefficient (Wildman–Crippen LogP) is 1.01. The molecule has 0 aliphatic carbocycles. The topological polar surface area (TPSA) is 36.9 Å². The van der Waals surface area contributed by atoms with Gasteiger partial charge in [-0.25, -0.2) is 0 Å². The molecule has 4 heteroatoms. The highest BCUT2D eigenvalue weighted by molar-refractivity contribution is 4.43. The van der Waals surface area contributed by atoms with Crippen LogP contribution in [0.25, 0.3) is 0 Å². The van der Waals surface area contributed by atoms with E-state index in [1.165, 1.54) is 34.2 Å². The first-order valence-corrected chi connectivity index (χ1v) is 4.01. The Morgan fingerprint density at radius 1 is 0.917 bits per heavy atom. The van der Waals surface area contributed by atoms with Gasteiger partial charge in [0.15, 0.2) is 0 Å². The summed E-state index contributed by atoms with van der Waals surface area (Å²) in [5.41, 5.74) is 0. The summed E-state index contributed by atoms with van der Waals surface area (Å²) in [7, 11) is 4.53. The van der Waals surface area contributed by atoms with Gasteiger partial charge in [0.2, 0.25) is 0 Å². The molecule has 0 N–H and O–H groups in total. The van der Waals surface area contributed by atoms with Gasteiger partial charge in [-0.05, 0) is 12.8 Å². The maximum atomic E-state index is 4.94.